The van der Waals surface area contributed by atoms with E-state index in [4.69, 9.17) is 4.74 Å². The maximum Gasteiger partial charge on any atom is 0.338 e. The summed E-state index contributed by atoms with van der Waals surface area (Å²) < 4.78 is 5.11. The van der Waals surface area contributed by atoms with Crippen molar-refractivity contribution in [1.82, 2.24) is 0 Å². The number of carbonyl (C=O) groups excluding carboxylic acids is 3. The summed E-state index contributed by atoms with van der Waals surface area (Å²) in [7, 11) is 0. The van der Waals surface area contributed by atoms with Gasteiger partial charge in [-0.25, -0.2) is 4.79 Å². The van der Waals surface area contributed by atoms with Gasteiger partial charge in [0.15, 0.2) is 12.4 Å². The number of hydrogen-bond acceptors (Lipinski definition) is 4. The Morgan fingerprint density at radius 2 is 1.41 bits per heavy atom. The van der Waals surface area contributed by atoms with Crippen LogP contribution in [0.25, 0.3) is 0 Å². The lowest BCUT2D eigenvalue weighted by Crippen LogP contribution is -2.18. The van der Waals surface area contributed by atoms with Crippen LogP contribution in [0.2, 0.25) is 0 Å². The lowest BCUT2D eigenvalue weighted by molar-refractivity contribution is -0.118. The van der Waals surface area contributed by atoms with Gasteiger partial charge in [-0.05, 0) is 47.9 Å². The molecule has 0 aliphatic heterocycles. The minimum Gasteiger partial charge on any atom is -0.454 e. The Bertz CT molecular complexity index is 805. The maximum absolute atomic E-state index is 12.2. The van der Waals surface area contributed by atoms with E-state index in [9.17, 15) is 14.4 Å². The first-order valence-electron chi connectivity index (χ1n) is 8.99. The molecule has 1 N–H and O–H groups in total. The Kier molecular flexibility index (Phi) is 6.88. The molecule has 2 rings (SSSR count). The van der Waals surface area contributed by atoms with Crippen molar-refractivity contribution in [1.29, 1.82) is 0 Å². The molecule has 0 aliphatic rings. The molecule has 27 heavy (non-hydrogen) atoms. The highest BCUT2D eigenvalue weighted by molar-refractivity contribution is 6.00. The lowest BCUT2D eigenvalue weighted by atomic mass is 10.0. The van der Waals surface area contributed by atoms with Crippen molar-refractivity contribution in [2.24, 2.45) is 5.92 Å². The van der Waals surface area contributed by atoms with Gasteiger partial charge < -0.3 is 10.1 Å². The predicted molar refractivity (Wildman–Crippen MR) is 105 cm³/mol. The van der Waals surface area contributed by atoms with E-state index < -0.39 is 5.97 Å². The second-order valence-electron chi connectivity index (χ2n) is 7.00. The number of Topliss-reactive ketones (excluding diaryl/α,β-unsaturated/α-hetero) is 1. The lowest BCUT2D eigenvalue weighted by Gasteiger charge is -2.09. The van der Waals surface area contributed by atoms with Gasteiger partial charge in [0.05, 0.1) is 5.56 Å². The Labute approximate surface area is 159 Å². The molecule has 0 saturated carbocycles. The molecule has 0 aliphatic carbocycles. The van der Waals surface area contributed by atoms with E-state index in [2.05, 4.69) is 19.2 Å². The molecule has 0 radical (unpaired) electrons. The average Bonchev–Trinajstić information content (AvgIpc) is 2.66. The zero-order valence-corrected chi connectivity index (χ0v) is 16.1. The van der Waals surface area contributed by atoms with Crippen LogP contribution in [0.1, 0.15) is 59.9 Å². The molecular weight excluding hydrogens is 342 g/mol. The van der Waals surface area contributed by atoms with Crippen LogP contribution in [0.5, 0.6) is 0 Å². The molecule has 0 spiro atoms. The first kappa shape index (κ1) is 20.4. The molecule has 0 fully saturated rings. The van der Waals surface area contributed by atoms with Crippen molar-refractivity contribution in [2.75, 3.05) is 11.9 Å². The summed E-state index contributed by atoms with van der Waals surface area (Å²) in [5.41, 5.74) is 2.58. The van der Waals surface area contributed by atoms with Crippen molar-refractivity contribution in [3.05, 3.63) is 65.2 Å². The molecule has 0 bridgehead atoms. The van der Waals surface area contributed by atoms with Crippen LogP contribution in [0.3, 0.4) is 0 Å². The van der Waals surface area contributed by atoms with Crippen LogP contribution in [0, 0.1) is 5.92 Å². The van der Waals surface area contributed by atoms with Crippen molar-refractivity contribution >= 4 is 23.3 Å². The van der Waals surface area contributed by atoms with E-state index in [0.29, 0.717) is 22.7 Å². The Hall–Kier alpha value is -2.95. The number of ether oxygens (including phenoxy) is 1. The van der Waals surface area contributed by atoms with Crippen molar-refractivity contribution in [3.63, 3.8) is 0 Å². The molecule has 0 unspecified atom stereocenters. The first-order valence-corrected chi connectivity index (χ1v) is 8.99. The van der Waals surface area contributed by atoms with E-state index in [-0.39, 0.29) is 24.2 Å². The molecule has 1 amide bonds. The van der Waals surface area contributed by atoms with Crippen molar-refractivity contribution < 1.29 is 19.1 Å². The summed E-state index contributed by atoms with van der Waals surface area (Å²) in [6, 6.07) is 13.7. The molecule has 0 heterocycles. The van der Waals surface area contributed by atoms with Crippen molar-refractivity contribution in [3.8, 4) is 0 Å². The molecule has 2 aromatic rings. The Balaban J connectivity index is 1.91. The van der Waals surface area contributed by atoms with Crippen LogP contribution in [-0.2, 0) is 9.53 Å². The topological polar surface area (TPSA) is 72.5 Å². The average molecular weight is 367 g/mol. The van der Waals surface area contributed by atoms with Gasteiger partial charge in [0.25, 0.3) is 0 Å². The molecule has 0 aromatic heterocycles. The molecule has 0 saturated heterocycles. The second-order valence-corrected chi connectivity index (χ2v) is 7.00. The smallest absolute Gasteiger partial charge is 0.338 e. The van der Waals surface area contributed by atoms with E-state index in [0.717, 1.165) is 5.56 Å². The number of ketones is 1. The van der Waals surface area contributed by atoms with Gasteiger partial charge in [-0.2, -0.15) is 0 Å². The number of anilines is 1. The third-order valence-electron chi connectivity index (χ3n) is 4.15. The third-order valence-corrected chi connectivity index (χ3v) is 4.15. The monoisotopic (exact) mass is 367 g/mol. The standard InChI is InChI=1S/C22H25NO4/c1-14(2)16-5-7-18(8-6-16)22(26)27-13-20(24)17-9-11-19(12-10-17)23-21(25)15(3)4/h5-12,14-15H,13H2,1-4H3,(H,23,25). The highest BCUT2D eigenvalue weighted by Crippen LogP contribution is 2.16. The molecule has 5 nitrogen and oxygen atoms in total. The first-order chi connectivity index (χ1) is 12.8. The summed E-state index contributed by atoms with van der Waals surface area (Å²) in [6.45, 7) is 7.43. The van der Waals surface area contributed by atoms with Gasteiger partial charge in [0, 0.05) is 17.2 Å². The predicted octanol–water partition coefficient (Wildman–Crippen LogP) is 4.44. The van der Waals surface area contributed by atoms with Gasteiger partial charge in [-0.1, -0.05) is 39.8 Å². The SMILES string of the molecule is CC(C)C(=O)Nc1ccc(C(=O)COC(=O)c2ccc(C(C)C)cc2)cc1. The van der Waals surface area contributed by atoms with Crippen LogP contribution >= 0.6 is 0 Å². The zero-order chi connectivity index (χ0) is 20.0. The van der Waals surface area contributed by atoms with Gasteiger partial charge in [-0.3, -0.25) is 9.59 Å². The number of rotatable bonds is 7. The van der Waals surface area contributed by atoms with Crippen LogP contribution in [0.4, 0.5) is 5.69 Å². The fraction of sp³-hybridized carbons (Fsp3) is 0.318. The number of benzene rings is 2. The fourth-order valence-corrected chi connectivity index (χ4v) is 2.33. The van der Waals surface area contributed by atoms with Crippen LogP contribution in [-0.4, -0.2) is 24.3 Å². The summed E-state index contributed by atoms with van der Waals surface area (Å²) in [6.07, 6.45) is 0. The number of esters is 1. The summed E-state index contributed by atoms with van der Waals surface area (Å²) in [5, 5.41) is 2.76. The highest BCUT2D eigenvalue weighted by Gasteiger charge is 2.13. The van der Waals surface area contributed by atoms with Crippen LogP contribution < -0.4 is 5.32 Å². The van der Waals surface area contributed by atoms with Gasteiger partial charge in [-0.15, -0.1) is 0 Å². The van der Waals surface area contributed by atoms with Crippen molar-refractivity contribution in [2.45, 2.75) is 33.6 Å². The second kappa shape index (κ2) is 9.12. The van der Waals surface area contributed by atoms with Gasteiger partial charge in [0.2, 0.25) is 5.91 Å². The summed E-state index contributed by atoms with van der Waals surface area (Å²) >= 11 is 0. The summed E-state index contributed by atoms with van der Waals surface area (Å²) in [4.78, 5) is 35.9. The van der Waals surface area contributed by atoms with Crippen LogP contribution in [0.15, 0.2) is 48.5 Å². The minimum absolute atomic E-state index is 0.0912. The quantitative estimate of drug-likeness (QED) is 0.580. The molecular formula is C22H25NO4. The Morgan fingerprint density at radius 3 is 1.93 bits per heavy atom. The minimum atomic E-state index is -0.528. The van der Waals surface area contributed by atoms with E-state index in [1.807, 2.05) is 12.1 Å². The van der Waals surface area contributed by atoms with E-state index in [1.165, 1.54) is 0 Å². The normalized spacial score (nSPS) is 10.7. The van der Waals surface area contributed by atoms with E-state index in [1.54, 1.807) is 50.2 Å². The largest absolute Gasteiger partial charge is 0.454 e. The summed E-state index contributed by atoms with van der Waals surface area (Å²) in [5.74, 6) is -0.667. The van der Waals surface area contributed by atoms with Gasteiger partial charge >= 0.3 is 5.97 Å². The number of carbonyl (C=O) groups is 3. The highest BCUT2D eigenvalue weighted by atomic mass is 16.5. The maximum atomic E-state index is 12.2. The van der Waals surface area contributed by atoms with E-state index >= 15 is 0 Å². The third kappa shape index (κ3) is 5.78. The number of hydrogen-bond donors (Lipinski definition) is 1. The molecule has 5 heteroatoms. The molecule has 2 aromatic carbocycles. The molecule has 142 valence electrons. The number of amides is 1. The molecule has 0 atom stereocenters. The number of nitrogens with one attached hydrogen (secondary N) is 1. The van der Waals surface area contributed by atoms with Gasteiger partial charge in [0.1, 0.15) is 0 Å². The Morgan fingerprint density at radius 1 is 0.852 bits per heavy atom. The fourth-order valence-electron chi connectivity index (χ4n) is 2.33. The zero-order valence-electron chi connectivity index (χ0n) is 16.1.